The van der Waals surface area contributed by atoms with Gasteiger partial charge in [-0.1, -0.05) is 42.5 Å². The van der Waals surface area contributed by atoms with Crippen LogP contribution < -0.4 is 4.74 Å². The normalized spacial score (nSPS) is 9.71. The quantitative estimate of drug-likeness (QED) is 0.529. The van der Waals surface area contributed by atoms with E-state index >= 15 is 0 Å². The summed E-state index contributed by atoms with van der Waals surface area (Å²) in [5.74, 6) is -1.94. The summed E-state index contributed by atoms with van der Waals surface area (Å²) in [4.78, 5) is 21.2. The standard InChI is InChI=1S/C14H12O4.C7H6O3/c15-12-7-3-1-5-10(12)9-18-13-8-4-2-6-11(13)14(16)17;8-6-4-2-1-3-5(6)7(9)10/h1-8,15H,9H2,(H,16,17);1-4,8H,(H,9,10). The fourth-order valence-corrected chi connectivity index (χ4v) is 2.21. The maximum Gasteiger partial charge on any atom is 0.339 e. The molecule has 0 saturated heterocycles. The fraction of sp³-hybridized carbons (Fsp3) is 0.0476. The molecule has 0 heterocycles. The van der Waals surface area contributed by atoms with Crippen LogP contribution in [0.25, 0.3) is 0 Å². The van der Waals surface area contributed by atoms with Gasteiger partial charge in [-0.25, -0.2) is 9.59 Å². The van der Waals surface area contributed by atoms with Crippen molar-refractivity contribution in [3.05, 3.63) is 89.5 Å². The summed E-state index contributed by atoms with van der Waals surface area (Å²) in [5.41, 5.74) is 0.646. The van der Waals surface area contributed by atoms with E-state index < -0.39 is 11.9 Å². The van der Waals surface area contributed by atoms with Gasteiger partial charge in [0.1, 0.15) is 35.0 Å². The van der Waals surface area contributed by atoms with Gasteiger partial charge in [-0.3, -0.25) is 0 Å². The number of aromatic carboxylic acids is 2. The Labute approximate surface area is 160 Å². The number of rotatable bonds is 5. The summed E-state index contributed by atoms with van der Waals surface area (Å²) in [5, 5.41) is 35.9. The van der Waals surface area contributed by atoms with Gasteiger partial charge in [0.2, 0.25) is 0 Å². The second-order valence-corrected chi connectivity index (χ2v) is 5.54. The highest BCUT2D eigenvalue weighted by Crippen LogP contribution is 2.22. The maximum absolute atomic E-state index is 11.0. The summed E-state index contributed by atoms with van der Waals surface area (Å²) < 4.78 is 5.42. The van der Waals surface area contributed by atoms with Crippen molar-refractivity contribution in [2.45, 2.75) is 6.61 Å². The van der Waals surface area contributed by atoms with E-state index in [9.17, 15) is 14.7 Å². The van der Waals surface area contributed by atoms with E-state index in [1.165, 1.54) is 18.2 Å². The SMILES string of the molecule is O=C(O)c1ccccc1O.O=C(O)c1ccccc1OCc1ccccc1O. The number of phenolic OH excluding ortho intramolecular Hbond substituents is 1. The Balaban J connectivity index is 0.000000237. The first kappa shape index (κ1) is 20.3. The van der Waals surface area contributed by atoms with Crippen LogP contribution in [0.1, 0.15) is 26.3 Å². The second kappa shape index (κ2) is 9.63. The largest absolute Gasteiger partial charge is 0.508 e. The summed E-state index contributed by atoms with van der Waals surface area (Å²) in [7, 11) is 0. The molecule has 0 bridgehead atoms. The summed E-state index contributed by atoms with van der Waals surface area (Å²) >= 11 is 0. The Bertz CT molecular complexity index is 966. The van der Waals surface area contributed by atoms with Crippen molar-refractivity contribution in [3.63, 3.8) is 0 Å². The minimum absolute atomic E-state index is 0.0671. The highest BCUT2D eigenvalue weighted by atomic mass is 16.5. The number of aromatic hydroxyl groups is 2. The minimum Gasteiger partial charge on any atom is -0.508 e. The van der Waals surface area contributed by atoms with Gasteiger partial charge in [-0.05, 0) is 30.3 Å². The molecule has 0 aliphatic heterocycles. The monoisotopic (exact) mass is 382 g/mol. The van der Waals surface area contributed by atoms with Gasteiger partial charge in [0, 0.05) is 5.56 Å². The van der Waals surface area contributed by atoms with E-state index in [0.717, 1.165) is 0 Å². The molecule has 0 unspecified atom stereocenters. The molecule has 0 radical (unpaired) electrons. The third-order valence-electron chi connectivity index (χ3n) is 3.63. The third kappa shape index (κ3) is 5.50. The molecule has 0 aliphatic rings. The zero-order valence-corrected chi connectivity index (χ0v) is 14.6. The van der Waals surface area contributed by atoms with Crippen molar-refractivity contribution in [3.8, 4) is 17.2 Å². The molecule has 0 aliphatic carbocycles. The molecule has 0 amide bonds. The maximum atomic E-state index is 11.0. The molecule has 7 heteroatoms. The summed E-state index contributed by atoms with van der Waals surface area (Å²) in [6, 6.07) is 19.0. The number of carboxylic acid groups (broad SMARTS) is 2. The lowest BCUT2D eigenvalue weighted by atomic mass is 10.2. The van der Waals surface area contributed by atoms with Crippen LogP contribution in [0.5, 0.6) is 17.2 Å². The van der Waals surface area contributed by atoms with Gasteiger partial charge in [0.25, 0.3) is 0 Å². The lowest BCUT2D eigenvalue weighted by molar-refractivity contribution is 0.0681. The average Bonchev–Trinajstić information content (AvgIpc) is 2.68. The molecule has 3 rings (SSSR count). The van der Waals surface area contributed by atoms with Crippen LogP contribution in [0.4, 0.5) is 0 Å². The molecule has 3 aromatic rings. The molecule has 0 fully saturated rings. The van der Waals surface area contributed by atoms with Crippen LogP contribution >= 0.6 is 0 Å². The van der Waals surface area contributed by atoms with Crippen molar-refractivity contribution in [1.82, 2.24) is 0 Å². The number of hydrogen-bond donors (Lipinski definition) is 4. The zero-order chi connectivity index (χ0) is 20.5. The Morgan fingerprint density at radius 2 is 1.18 bits per heavy atom. The van der Waals surface area contributed by atoms with Gasteiger partial charge in [0.15, 0.2) is 0 Å². The van der Waals surface area contributed by atoms with Crippen molar-refractivity contribution in [2.24, 2.45) is 0 Å². The van der Waals surface area contributed by atoms with Gasteiger partial charge < -0.3 is 25.2 Å². The zero-order valence-electron chi connectivity index (χ0n) is 14.6. The molecule has 0 saturated carbocycles. The van der Waals surface area contributed by atoms with Crippen molar-refractivity contribution in [2.75, 3.05) is 0 Å². The number of phenols is 2. The Morgan fingerprint density at radius 1 is 0.679 bits per heavy atom. The van der Waals surface area contributed by atoms with E-state index in [2.05, 4.69) is 0 Å². The number of carbonyl (C=O) groups is 2. The number of carboxylic acids is 2. The molecule has 3 aromatic carbocycles. The molecular weight excluding hydrogens is 364 g/mol. The average molecular weight is 382 g/mol. The highest BCUT2D eigenvalue weighted by Gasteiger charge is 2.10. The van der Waals surface area contributed by atoms with Gasteiger partial charge in [-0.15, -0.1) is 0 Å². The summed E-state index contributed by atoms with van der Waals surface area (Å²) in [6.07, 6.45) is 0. The molecule has 0 spiro atoms. The fourth-order valence-electron chi connectivity index (χ4n) is 2.21. The predicted molar refractivity (Wildman–Crippen MR) is 101 cm³/mol. The predicted octanol–water partition coefficient (Wildman–Crippen LogP) is 3.76. The third-order valence-corrected chi connectivity index (χ3v) is 3.63. The van der Waals surface area contributed by atoms with Crippen molar-refractivity contribution in [1.29, 1.82) is 0 Å². The molecule has 28 heavy (non-hydrogen) atoms. The Hall–Kier alpha value is -4.00. The van der Waals surface area contributed by atoms with Crippen LogP contribution in [-0.4, -0.2) is 32.4 Å². The number of ether oxygens (including phenoxy) is 1. The smallest absolute Gasteiger partial charge is 0.339 e. The van der Waals surface area contributed by atoms with E-state index in [-0.39, 0.29) is 35.0 Å². The van der Waals surface area contributed by atoms with Crippen LogP contribution in [0.3, 0.4) is 0 Å². The van der Waals surface area contributed by atoms with Crippen LogP contribution in [0, 0.1) is 0 Å². The minimum atomic E-state index is -1.11. The Morgan fingerprint density at radius 3 is 1.71 bits per heavy atom. The first-order valence-electron chi connectivity index (χ1n) is 8.13. The topological polar surface area (TPSA) is 124 Å². The number of para-hydroxylation sites is 3. The molecular formula is C21H18O7. The van der Waals surface area contributed by atoms with Crippen molar-refractivity contribution < 1.29 is 34.8 Å². The lowest BCUT2D eigenvalue weighted by Crippen LogP contribution is -2.03. The Kier molecular flexibility index (Phi) is 6.99. The van der Waals surface area contributed by atoms with E-state index in [0.29, 0.717) is 5.56 Å². The summed E-state index contributed by atoms with van der Waals surface area (Å²) in [6.45, 7) is 0.122. The molecule has 0 atom stereocenters. The molecule has 7 nitrogen and oxygen atoms in total. The molecule has 144 valence electrons. The van der Waals surface area contributed by atoms with E-state index in [1.807, 2.05) is 0 Å². The molecule has 0 aromatic heterocycles. The molecule has 4 N–H and O–H groups in total. The van der Waals surface area contributed by atoms with E-state index in [1.54, 1.807) is 54.6 Å². The van der Waals surface area contributed by atoms with Crippen LogP contribution in [-0.2, 0) is 6.61 Å². The van der Waals surface area contributed by atoms with Crippen molar-refractivity contribution >= 4 is 11.9 Å². The first-order valence-corrected chi connectivity index (χ1v) is 8.13. The van der Waals surface area contributed by atoms with Gasteiger partial charge >= 0.3 is 11.9 Å². The van der Waals surface area contributed by atoms with Gasteiger partial charge in [0.05, 0.1) is 0 Å². The van der Waals surface area contributed by atoms with Gasteiger partial charge in [-0.2, -0.15) is 0 Å². The van der Waals surface area contributed by atoms with Crippen LogP contribution in [0.2, 0.25) is 0 Å². The number of benzene rings is 3. The lowest BCUT2D eigenvalue weighted by Gasteiger charge is -2.09. The second-order valence-electron chi connectivity index (χ2n) is 5.54. The van der Waals surface area contributed by atoms with E-state index in [4.69, 9.17) is 20.1 Å². The van der Waals surface area contributed by atoms with Crippen LogP contribution in [0.15, 0.2) is 72.8 Å². The first-order chi connectivity index (χ1) is 13.4. The number of hydrogen-bond acceptors (Lipinski definition) is 5. The highest BCUT2D eigenvalue weighted by molar-refractivity contribution is 5.91.